The van der Waals surface area contributed by atoms with Crippen LogP contribution >= 0.6 is 11.6 Å². The molecule has 0 saturated heterocycles. The average molecular weight is 416 g/mol. The molecular formula is C22H22ClNO5. The Morgan fingerprint density at radius 3 is 2.72 bits per heavy atom. The molecule has 1 aliphatic rings. The molecule has 0 radical (unpaired) electrons. The van der Waals surface area contributed by atoms with E-state index in [9.17, 15) is 4.79 Å². The van der Waals surface area contributed by atoms with Gasteiger partial charge >= 0.3 is 5.63 Å². The van der Waals surface area contributed by atoms with E-state index in [0.29, 0.717) is 34.4 Å². The number of fused-ring (bicyclic) bond motifs is 3. The molecule has 0 spiro atoms. The molecule has 7 heteroatoms. The fourth-order valence-corrected chi connectivity index (χ4v) is 4.00. The van der Waals surface area contributed by atoms with Crippen molar-refractivity contribution in [1.82, 2.24) is 0 Å². The number of rotatable bonds is 5. The minimum atomic E-state index is -0.374. The molecule has 6 nitrogen and oxygen atoms in total. The van der Waals surface area contributed by atoms with E-state index in [0.717, 1.165) is 35.0 Å². The van der Waals surface area contributed by atoms with Crippen molar-refractivity contribution in [2.45, 2.75) is 26.3 Å². The molecule has 0 N–H and O–H groups in total. The molecule has 0 amide bonds. The molecule has 0 fully saturated rings. The van der Waals surface area contributed by atoms with Gasteiger partial charge in [0.25, 0.3) is 0 Å². The Hall–Kier alpha value is -2.86. The third kappa shape index (κ3) is 3.49. The summed E-state index contributed by atoms with van der Waals surface area (Å²) in [7, 11) is 3.23. The number of anilines is 1. The second kappa shape index (κ2) is 7.87. The fourth-order valence-electron chi connectivity index (χ4n) is 3.73. The molecule has 0 unspecified atom stereocenters. The van der Waals surface area contributed by atoms with E-state index < -0.39 is 0 Å². The molecule has 152 valence electrons. The maximum Gasteiger partial charge on any atom is 0.336 e. The van der Waals surface area contributed by atoms with Crippen molar-refractivity contribution in [3.05, 3.63) is 56.9 Å². The Morgan fingerprint density at radius 2 is 2.00 bits per heavy atom. The van der Waals surface area contributed by atoms with Crippen LogP contribution in [0.5, 0.6) is 17.2 Å². The van der Waals surface area contributed by atoms with Gasteiger partial charge in [0, 0.05) is 17.5 Å². The summed E-state index contributed by atoms with van der Waals surface area (Å²) in [5.41, 5.74) is 2.64. The van der Waals surface area contributed by atoms with Gasteiger partial charge < -0.3 is 23.5 Å². The molecule has 0 atom stereocenters. The van der Waals surface area contributed by atoms with Gasteiger partial charge in [0.2, 0.25) is 0 Å². The third-order valence-corrected chi connectivity index (χ3v) is 5.36. The van der Waals surface area contributed by atoms with Crippen LogP contribution < -0.4 is 24.7 Å². The van der Waals surface area contributed by atoms with Crippen LogP contribution in [0.4, 0.5) is 5.69 Å². The van der Waals surface area contributed by atoms with E-state index in [-0.39, 0.29) is 12.4 Å². The van der Waals surface area contributed by atoms with Gasteiger partial charge in [-0.05, 0) is 30.2 Å². The number of hydrogen-bond donors (Lipinski definition) is 0. The van der Waals surface area contributed by atoms with Crippen LogP contribution in [0.25, 0.3) is 11.0 Å². The third-order valence-electron chi connectivity index (χ3n) is 5.08. The Labute approximate surface area is 173 Å². The van der Waals surface area contributed by atoms with Crippen molar-refractivity contribution in [3.8, 4) is 17.2 Å². The maximum atomic E-state index is 12.2. The minimum absolute atomic E-state index is 0.278. The highest BCUT2D eigenvalue weighted by Crippen LogP contribution is 2.42. The normalized spacial score (nSPS) is 13.2. The number of hydrogen-bond acceptors (Lipinski definition) is 6. The number of benzene rings is 2. The van der Waals surface area contributed by atoms with Crippen LogP contribution in [0, 0.1) is 0 Å². The number of ether oxygens (including phenoxy) is 3. The first kappa shape index (κ1) is 19.5. The summed E-state index contributed by atoms with van der Waals surface area (Å²) in [6.45, 7) is 2.80. The zero-order valence-corrected chi connectivity index (χ0v) is 17.3. The van der Waals surface area contributed by atoms with Gasteiger partial charge in [-0.2, -0.15) is 0 Å². The summed E-state index contributed by atoms with van der Waals surface area (Å²) < 4.78 is 22.5. The Kier molecular flexibility index (Phi) is 5.28. The van der Waals surface area contributed by atoms with Gasteiger partial charge in [-0.25, -0.2) is 4.79 Å². The maximum absolute atomic E-state index is 12.2. The standard InChI is InChI=1S/C22H22ClNO5/c1-4-5-13-8-20(25)29-21-15(13)10-17(23)22-16(21)11-24(12-28-22)18-9-14(26-2)6-7-19(18)27-3/h6-10H,4-5,11-12H2,1-3H3. The van der Waals surface area contributed by atoms with Gasteiger partial charge in [-0.3, -0.25) is 0 Å². The lowest BCUT2D eigenvalue weighted by Crippen LogP contribution is -2.32. The van der Waals surface area contributed by atoms with E-state index in [4.69, 9.17) is 30.2 Å². The van der Waals surface area contributed by atoms with E-state index in [1.165, 1.54) is 0 Å². The first-order valence-corrected chi connectivity index (χ1v) is 9.81. The predicted octanol–water partition coefficient (Wildman–Crippen LogP) is 4.77. The van der Waals surface area contributed by atoms with E-state index in [1.807, 2.05) is 29.2 Å². The lowest BCUT2D eigenvalue weighted by Gasteiger charge is -2.32. The van der Waals surface area contributed by atoms with Gasteiger partial charge in [0.05, 0.1) is 37.0 Å². The van der Waals surface area contributed by atoms with E-state index in [1.54, 1.807) is 20.3 Å². The highest BCUT2D eigenvalue weighted by atomic mass is 35.5. The first-order valence-electron chi connectivity index (χ1n) is 9.43. The second-order valence-electron chi connectivity index (χ2n) is 6.89. The molecule has 1 aromatic heterocycles. The Balaban J connectivity index is 1.86. The monoisotopic (exact) mass is 415 g/mol. The van der Waals surface area contributed by atoms with Crippen molar-refractivity contribution in [2.75, 3.05) is 25.9 Å². The Morgan fingerprint density at radius 1 is 1.17 bits per heavy atom. The zero-order valence-electron chi connectivity index (χ0n) is 16.6. The SMILES string of the molecule is CCCc1cc(=O)oc2c3c(c(Cl)cc12)OCN(c1cc(OC)ccc1OC)C3. The topological polar surface area (TPSA) is 61.1 Å². The molecule has 0 aliphatic carbocycles. The lowest BCUT2D eigenvalue weighted by atomic mass is 10.0. The average Bonchev–Trinajstić information content (AvgIpc) is 2.74. The molecule has 2 aromatic carbocycles. The van der Waals surface area contributed by atoms with Crippen molar-refractivity contribution in [3.63, 3.8) is 0 Å². The van der Waals surface area contributed by atoms with Gasteiger partial charge in [0.1, 0.15) is 22.8 Å². The van der Waals surface area contributed by atoms with E-state index in [2.05, 4.69) is 6.92 Å². The predicted molar refractivity (Wildman–Crippen MR) is 113 cm³/mol. The molecule has 29 heavy (non-hydrogen) atoms. The number of nitrogens with zero attached hydrogens (tertiary/aromatic N) is 1. The summed E-state index contributed by atoms with van der Waals surface area (Å²) in [6, 6.07) is 8.94. The van der Waals surface area contributed by atoms with Crippen LogP contribution in [0.1, 0.15) is 24.5 Å². The zero-order chi connectivity index (χ0) is 20.5. The minimum Gasteiger partial charge on any atom is -0.497 e. The van der Waals surface area contributed by atoms with Gasteiger partial charge in [-0.1, -0.05) is 24.9 Å². The van der Waals surface area contributed by atoms with Crippen LogP contribution in [0.3, 0.4) is 0 Å². The molecule has 3 aromatic rings. The summed E-state index contributed by atoms with van der Waals surface area (Å²) in [4.78, 5) is 14.2. The smallest absolute Gasteiger partial charge is 0.336 e. The van der Waals surface area contributed by atoms with Crippen LogP contribution in [0.15, 0.2) is 39.5 Å². The largest absolute Gasteiger partial charge is 0.497 e. The summed E-state index contributed by atoms with van der Waals surface area (Å²) in [5, 5.41) is 1.36. The Bertz CT molecular complexity index is 1120. The van der Waals surface area contributed by atoms with E-state index >= 15 is 0 Å². The van der Waals surface area contributed by atoms with Crippen molar-refractivity contribution in [2.24, 2.45) is 0 Å². The molecule has 4 rings (SSSR count). The number of halogens is 1. The van der Waals surface area contributed by atoms with Crippen molar-refractivity contribution < 1.29 is 18.6 Å². The summed E-state index contributed by atoms with van der Waals surface area (Å²) in [6.07, 6.45) is 1.68. The molecule has 1 aliphatic heterocycles. The van der Waals surface area contributed by atoms with Crippen molar-refractivity contribution >= 4 is 28.3 Å². The molecule has 0 bridgehead atoms. The van der Waals surface area contributed by atoms with Crippen LogP contribution in [0.2, 0.25) is 5.02 Å². The van der Waals surface area contributed by atoms with Crippen molar-refractivity contribution in [1.29, 1.82) is 0 Å². The first-order chi connectivity index (χ1) is 14.0. The second-order valence-corrected chi connectivity index (χ2v) is 7.30. The summed E-state index contributed by atoms with van der Waals surface area (Å²) in [5.74, 6) is 1.95. The highest BCUT2D eigenvalue weighted by Gasteiger charge is 2.27. The van der Waals surface area contributed by atoms with Crippen LogP contribution in [-0.2, 0) is 13.0 Å². The molecule has 2 heterocycles. The van der Waals surface area contributed by atoms with Gasteiger partial charge in [0.15, 0.2) is 6.73 Å². The molecule has 0 saturated carbocycles. The molecular weight excluding hydrogens is 394 g/mol. The quantitative estimate of drug-likeness (QED) is 0.559. The van der Waals surface area contributed by atoms with Gasteiger partial charge in [-0.15, -0.1) is 0 Å². The highest BCUT2D eigenvalue weighted by molar-refractivity contribution is 6.33. The fraction of sp³-hybridized carbons (Fsp3) is 0.318. The number of aryl methyl sites for hydroxylation is 1. The lowest BCUT2D eigenvalue weighted by molar-refractivity contribution is 0.287. The summed E-state index contributed by atoms with van der Waals surface area (Å²) >= 11 is 6.53. The van der Waals surface area contributed by atoms with Crippen LogP contribution in [-0.4, -0.2) is 21.0 Å². The number of methoxy groups -OCH3 is 2.